The van der Waals surface area contributed by atoms with Gasteiger partial charge in [0.25, 0.3) is 0 Å². The summed E-state index contributed by atoms with van der Waals surface area (Å²) in [6, 6.07) is 12.7. The fourth-order valence-corrected chi connectivity index (χ4v) is 5.47. The van der Waals surface area contributed by atoms with E-state index in [9.17, 15) is 4.79 Å². The summed E-state index contributed by atoms with van der Waals surface area (Å²) in [6.07, 6.45) is 8.48. The molecule has 1 heterocycles. The van der Waals surface area contributed by atoms with E-state index in [1.54, 1.807) is 25.6 Å². The number of benzene rings is 2. The minimum atomic E-state index is -0.349. The third-order valence-corrected chi connectivity index (χ3v) is 7.83. The molecule has 7 heteroatoms. The number of carbonyl (C=O) groups excluding carboxylic acids is 1. The molecule has 3 aromatic rings. The topological polar surface area (TPSA) is 62.6 Å². The Hall–Kier alpha value is -3.61. The number of allylic oxidation sites excluding steroid dienone is 2. The predicted octanol–water partition coefficient (Wildman–Crippen LogP) is 6.86. The van der Waals surface area contributed by atoms with Crippen molar-refractivity contribution >= 4 is 11.5 Å². The molecule has 5 rings (SSSR count). The van der Waals surface area contributed by atoms with E-state index in [-0.39, 0.29) is 29.7 Å². The summed E-state index contributed by atoms with van der Waals surface area (Å²) in [5, 5.41) is 0. The summed E-state index contributed by atoms with van der Waals surface area (Å²) < 4.78 is 33.4. The van der Waals surface area contributed by atoms with Gasteiger partial charge in [-0.1, -0.05) is 32.1 Å². The van der Waals surface area contributed by atoms with Gasteiger partial charge in [0.2, 0.25) is 0 Å². The van der Waals surface area contributed by atoms with Gasteiger partial charge < -0.3 is 14.2 Å². The normalized spacial score (nSPS) is 17.1. The maximum atomic E-state index is 15.0. The molecule has 0 bridgehead atoms. The average molecular weight is 519 g/mol. The van der Waals surface area contributed by atoms with E-state index in [1.807, 2.05) is 22.8 Å². The Kier molecular flexibility index (Phi) is 7.28. The van der Waals surface area contributed by atoms with Gasteiger partial charge in [0, 0.05) is 6.07 Å². The van der Waals surface area contributed by atoms with Crippen LogP contribution in [0.5, 0.6) is 11.5 Å². The van der Waals surface area contributed by atoms with Gasteiger partial charge in [-0.2, -0.15) is 0 Å². The van der Waals surface area contributed by atoms with Crippen molar-refractivity contribution in [3.05, 3.63) is 77.6 Å². The summed E-state index contributed by atoms with van der Waals surface area (Å²) in [5.41, 5.74) is 4.13. The van der Waals surface area contributed by atoms with Gasteiger partial charge >= 0.3 is 5.97 Å². The second-order valence-corrected chi connectivity index (χ2v) is 10.9. The molecule has 1 unspecified atom stereocenters. The second kappa shape index (κ2) is 10.6. The number of ether oxygens (including phenoxy) is 3. The number of hydrogen-bond acceptors (Lipinski definition) is 5. The molecule has 1 atom stereocenters. The summed E-state index contributed by atoms with van der Waals surface area (Å²) in [4.78, 5) is 16.7. The third-order valence-electron chi connectivity index (χ3n) is 7.83. The van der Waals surface area contributed by atoms with E-state index < -0.39 is 0 Å². The van der Waals surface area contributed by atoms with Gasteiger partial charge in [-0.15, -0.1) is 0 Å². The first-order chi connectivity index (χ1) is 18.3. The van der Waals surface area contributed by atoms with Crippen molar-refractivity contribution in [3.8, 4) is 17.2 Å². The van der Waals surface area contributed by atoms with Crippen LogP contribution < -0.4 is 9.47 Å². The van der Waals surface area contributed by atoms with Gasteiger partial charge in [-0.25, -0.2) is 9.37 Å². The molecule has 0 amide bonds. The number of halogens is 1. The molecular weight excluding hydrogens is 483 g/mol. The number of hydrogen-bond donors (Lipinski definition) is 0. The standard InChI is InChI=1S/C31H35FN2O4/c1-31(2)14-6-9-25(31)30-27(33-19-34(30)28-16-22(36-3)12-13-26(28)32)18-38-23-8-5-7-21(15-23)24(20-10-11-20)17-29(35)37-4/h5,7-9,12-13,15-16,19-20,24H,6,10-11,14,17-18H2,1-4H3. The highest BCUT2D eigenvalue weighted by molar-refractivity contribution is 5.73. The number of carbonyl (C=O) groups is 1. The molecule has 38 heavy (non-hydrogen) atoms. The summed E-state index contributed by atoms with van der Waals surface area (Å²) in [7, 11) is 3.00. The molecule has 2 aliphatic carbocycles. The molecule has 200 valence electrons. The molecule has 1 fully saturated rings. The number of esters is 1. The highest BCUT2D eigenvalue weighted by atomic mass is 19.1. The molecule has 0 saturated heterocycles. The van der Waals surface area contributed by atoms with E-state index in [2.05, 4.69) is 31.0 Å². The SMILES string of the molecule is COC(=O)CC(c1cccc(OCc2ncn(-c3cc(OC)ccc3F)c2C2=CCCC2(C)C)c1)C1CC1. The number of rotatable bonds is 10. The average Bonchev–Trinajstić information content (AvgIpc) is 3.58. The lowest BCUT2D eigenvalue weighted by molar-refractivity contribution is -0.141. The predicted molar refractivity (Wildman–Crippen MR) is 144 cm³/mol. The first-order valence-corrected chi connectivity index (χ1v) is 13.2. The van der Waals surface area contributed by atoms with Crippen molar-refractivity contribution in [2.45, 2.75) is 58.5 Å². The molecule has 2 aromatic carbocycles. The van der Waals surface area contributed by atoms with Crippen molar-refractivity contribution < 1.29 is 23.4 Å². The van der Waals surface area contributed by atoms with Crippen molar-refractivity contribution in [2.24, 2.45) is 11.3 Å². The number of methoxy groups -OCH3 is 2. The third kappa shape index (κ3) is 5.33. The van der Waals surface area contributed by atoms with Crippen LogP contribution >= 0.6 is 0 Å². The number of aromatic nitrogens is 2. The molecule has 0 aliphatic heterocycles. The zero-order valence-electron chi connectivity index (χ0n) is 22.5. The fraction of sp³-hybridized carbons (Fsp3) is 0.419. The zero-order valence-corrected chi connectivity index (χ0v) is 22.5. The quantitative estimate of drug-likeness (QED) is 0.275. The van der Waals surface area contributed by atoms with Crippen LogP contribution in [0, 0.1) is 17.2 Å². The molecule has 0 spiro atoms. The van der Waals surface area contributed by atoms with Crippen LogP contribution in [-0.4, -0.2) is 29.7 Å². The lowest BCUT2D eigenvalue weighted by Gasteiger charge is -2.25. The van der Waals surface area contributed by atoms with Gasteiger partial charge in [0.15, 0.2) is 0 Å². The molecule has 1 saturated carbocycles. The fourth-order valence-electron chi connectivity index (χ4n) is 5.47. The maximum Gasteiger partial charge on any atom is 0.306 e. The monoisotopic (exact) mass is 518 g/mol. The van der Waals surface area contributed by atoms with Crippen LogP contribution in [0.25, 0.3) is 11.3 Å². The van der Waals surface area contributed by atoms with Crippen molar-refractivity contribution in [2.75, 3.05) is 14.2 Å². The maximum absolute atomic E-state index is 15.0. The van der Waals surface area contributed by atoms with E-state index in [4.69, 9.17) is 14.2 Å². The van der Waals surface area contributed by atoms with E-state index >= 15 is 4.39 Å². The Balaban J connectivity index is 1.45. The minimum Gasteiger partial charge on any atom is -0.497 e. The molecule has 0 radical (unpaired) electrons. The molecule has 0 N–H and O–H groups in total. The van der Waals surface area contributed by atoms with Crippen LogP contribution in [0.3, 0.4) is 0 Å². The first-order valence-electron chi connectivity index (χ1n) is 13.2. The second-order valence-electron chi connectivity index (χ2n) is 10.9. The highest BCUT2D eigenvalue weighted by Crippen LogP contribution is 2.47. The van der Waals surface area contributed by atoms with E-state index in [1.165, 1.54) is 13.2 Å². The smallest absolute Gasteiger partial charge is 0.306 e. The molecule has 2 aliphatic rings. The Morgan fingerprint density at radius 1 is 1.16 bits per heavy atom. The van der Waals surface area contributed by atoms with Crippen LogP contribution in [-0.2, 0) is 16.1 Å². The van der Waals surface area contributed by atoms with Gasteiger partial charge in [0.1, 0.15) is 35.9 Å². The Morgan fingerprint density at radius 3 is 2.66 bits per heavy atom. The largest absolute Gasteiger partial charge is 0.497 e. The minimum absolute atomic E-state index is 0.0762. The Bertz CT molecular complexity index is 1360. The molecular formula is C31H35FN2O4. The van der Waals surface area contributed by atoms with Crippen LogP contribution in [0.15, 0.2) is 54.9 Å². The molecule has 1 aromatic heterocycles. The summed E-state index contributed by atoms with van der Waals surface area (Å²) >= 11 is 0. The number of imidazole rings is 1. The van der Waals surface area contributed by atoms with Crippen molar-refractivity contribution in [1.82, 2.24) is 9.55 Å². The summed E-state index contributed by atoms with van der Waals surface area (Å²) in [5.74, 6) is 1.37. The van der Waals surface area contributed by atoms with Crippen molar-refractivity contribution in [3.63, 3.8) is 0 Å². The molecule has 6 nitrogen and oxygen atoms in total. The van der Waals surface area contributed by atoms with E-state index in [0.717, 1.165) is 48.2 Å². The summed E-state index contributed by atoms with van der Waals surface area (Å²) in [6.45, 7) is 4.65. The van der Waals surface area contributed by atoms with Crippen LogP contribution in [0.1, 0.15) is 68.8 Å². The van der Waals surface area contributed by atoms with Crippen LogP contribution in [0.2, 0.25) is 0 Å². The lowest BCUT2D eigenvalue weighted by atomic mass is 9.83. The number of nitrogens with zero attached hydrogens (tertiary/aromatic N) is 2. The van der Waals surface area contributed by atoms with E-state index in [0.29, 0.717) is 29.5 Å². The first kappa shape index (κ1) is 26.0. The van der Waals surface area contributed by atoms with Gasteiger partial charge in [-0.05, 0) is 78.3 Å². The highest BCUT2D eigenvalue weighted by Gasteiger charge is 2.35. The van der Waals surface area contributed by atoms with Crippen molar-refractivity contribution in [1.29, 1.82) is 0 Å². The Morgan fingerprint density at radius 2 is 1.97 bits per heavy atom. The van der Waals surface area contributed by atoms with Gasteiger partial charge in [0.05, 0.1) is 32.0 Å². The Labute approximate surface area is 223 Å². The van der Waals surface area contributed by atoms with Gasteiger partial charge in [-0.3, -0.25) is 9.36 Å². The lowest BCUT2D eigenvalue weighted by Crippen LogP contribution is -2.14. The zero-order chi connectivity index (χ0) is 26.9. The van der Waals surface area contributed by atoms with Crippen LogP contribution in [0.4, 0.5) is 4.39 Å².